The third-order valence-corrected chi connectivity index (χ3v) is 5.57. The van der Waals surface area contributed by atoms with Crippen molar-refractivity contribution in [2.75, 3.05) is 4.90 Å². The van der Waals surface area contributed by atoms with E-state index in [1.165, 1.54) is 16.2 Å². The summed E-state index contributed by atoms with van der Waals surface area (Å²) in [5.41, 5.74) is -0.976. The number of anilines is 1. The summed E-state index contributed by atoms with van der Waals surface area (Å²) in [5, 5.41) is 2.26. The Morgan fingerprint density at radius 1 is 1.26 bits per heavy atom. The van der Waals surface area contributed by atoms with Gasteiger partial charge >= 0.3 is 0 Å². The van der Waals surface area contributed by atoms with Crippen LogP contribution in [0.3, 0.4) is 0 Å². The first-order valence-corrected chi connectivity index (χ1v) is 7.32. The molecule has 4 atom stereocenters. The maximum Gasteiger partial charge on any atom is 0.242 e. The van der Waals surface area contributed by atoms with Crippen LogP contribution >= 0.6 is 11.3 Å². The molecule has 6 heteroatoms. The zero-order chi connectivity index (χ0) is 13.4. The zero-order valence-corrected chi connectivity index (χ0v) is 11.6. The molecule has 0 radical (unpaired) electrons. The van der Waals surface area contributed by atoms with Gasteiger partial charge in [0.2, 0.25) is 11.8 Å². The first-order chi connectivity index (χ1) is 8.96. The first-order valence-electron chi connectivity index (χ1n) is 6.44. The lowest BCUT2D eigenvalue weighted by Crippen LogP contribution is -2.40. The van der Waals surface area contributed by atoms with Crippen LogP contribution in [0.5, 0.6) is 0 Å². The highest BCUT2D eigenvalue weighted by atomic mass is 32.1. The fourth-order valence-corrected chi connectivity index (χ4v) is 4.63. The molecule has 19 heavy (non-hydrogen) atoms. The third-order valence-electron chi connectivity index (χ3n) is 4.82. The minimum Gasteiger partial charge on any atom is -0.367 e. The van der Waals surface area contributed by atoms with Gasteiger partial charge in [0.15, 0.2) is 5.13 Å². The summed E-state index contributed by atoms with van der Waals surface area (Å²) >= 11 is 1.32. The molecule has 0 spiro atoms. The van der Waals surface area contributed by atoms with E-state index < -0.39 is 11.2 Å². The van der Waals surface area contributed by atoms with Crippen LogP contribution in [0.2, 0.25) is 0 Å². The van der Waals surface area contributed by atoms with Gasteiger partial charge in [-0.15, -0.1) is 11.3 Å². The summed E-state index contributed by atoms with van der Waals surface area (Å²) in [4.78, 5) is 30.6. The number of thiazole rings is 1. The number of aromatic nitrogens is 1. The minimum absolute atomic E-state index is 0.143. The standard InChI is InChI=1S/C13H14N2O3S/c1-12-3-4-13(2,18-12)8-7(12)9(16)15(10(8)17)11-14-5-6-19-11/h5-8H,3-4H2,1-2H3/t7-,8-,12+,13+/m1/s1. The molecule has 1 aromatic heterocycles. The van der Waals surface area contributed by atoms with Crippen LogP contribution in [0.4, 0.5) is 5.13 Å². The van der Waals surface area contributed by atoms with Gasteiger partial charge in [-0.05, 0) is 26.7 Å². The van der Waals surface area contributed by atoms with Crippen LogP contribution in [0.1, 0.15) is 26.7 Å². The summed E-state index contributed by atoms with van der Waals surface area (Å²) in [6, 6.07) is 0. The number of nitrogens with zero attached hydrogens (tertiary/aromatic N) is 2. The van der Waals surface area contributed by atoms with Crippen LogP contribution in [0, 0.1) is 11.8 Å². The molecular weight excluding hydrogens is 264 g/mol. The summed E-state index contributed by atoms with van der Waals surface area (Å²) < 4.78 is 6.04. The molecule has 3 saturated heterocycles. The Kier molecular flexibility index (Phi) is 1.97. The lowest BCUT2D eigenvalue weighted by atomic mass is 9.69. The lowest BCUT2D eigenvalue weighted by Gasteiger charge is -2.27. The summed E-state index contributed by atoms with van der Waals surface area (Å²) in [5.74, 6) is -0.975. The van der Waals surface area contributed by atoms with Crippen LogP contribution in [-0.2, 0) is 14.3 Å². The van der Waals surface area contributed by atoms with Gasteiger partial charge in [-0.2, -0.15) is 0 Å². The summed E-state index contributed by atoms with van der Waals surface area (Å²) in [6.07, 6.45) is 3.30. The lowest BCUT2D eigenvalue weighted by molar-refractivity contribution is -0.129. The van der Waals surface area contributed by atoms with Crippen molar-refractivity contribution in [1.82, 2.24) is 4.98 Å². The second-order valence-electron chi connectivity index (χ2n) is 6.01. The number of rotatable bonds is 1. The minimum atomic E-state index is -0.488. The Morgan fingerprint density at radius 2 is 1.84 bits per heavy atom. The van der Waals surface area contributed by atoms with E-state index in [-0.39, 0.29) is 23.7 Å². The molecule has 1 aromatic rings. The summed E-state index contributed by atoms with van der Waals surface area (Å²) in [7, 11) is 0. The van der Waals surface area contributed by atoms with Gasteiger partial charge in [0.05, 0.1) is 23.0 Å². The second-order valence-corrected chi connectivity index (χ2v) is 6.88. The second kappa shape index (κ2) is 3.24. The van der Waals surface area contributed by atoms with Crippen molar-refractivity contribution < 1.29 is 14.3 Å². The molecule has 3 aliphatic rings. The zero-order valence-electron chi connectivity index (χ0n) is 10.8. The molecule has 0 N–H and O–H groups in total. The number of ether oxygens (including phenoxy) is 1. The highest BCUT2D eigenvalue weighted by molar-refractivity contribution is 7.14. The van der Waals surface area contributed by atoms with Gasteiger partial charge in [0.25, 0.3) is 0 Å². The molecule has 2 amide bonds. The van der Waals surface area contributed by atoms with Gasteiger partial charge in [0.1, 0.15) is 0 Å². The molecule has 3 fully saturated rings. The monoisotopic (exact) mass is 278 g/mol. The number of hydrogen-bond acceptors (Lipinski definition) is 5. The molecule has 0 aromatic carbocycles. The van der Waals surface area contributed by atoms with Gasteiger partial charge in [-0.3, -0.25) is 9.59 Å². The van der Waals surface area contributed by atoms with Gasteiger partial charge in [0, 0.05) is 11.6 Å². The Morgan fingerprint density at radius 3 is 2.32 bits per heavy atom. The Labute approximate surface area is 114 Å². The molecule has 3 aliphatic heterocycles. The van der Waals surface area contributed by atoms with Crippen LogP contribution in [-0.4, -0.2) is 28.0 Å². The maximum atomic E-state index is 12.6. The molecular formula is C13H14N2O3S. The van der Waals surface area contributed by atoms with E-state index in [0.717, 1.165) is 12.8 Å². The number of imide groups is 1. The van der Waals surface area contributed by atoms with E-state index >= 15 is 0 Å². The number of amides is 2. The molecule has 2 bridgehead atoms. The highest BCUT2D eigenvalue weighted by Gasteiger charge is 2.72. The van der Waals surface area contributed by atoms with Crippen molar-refractivity contribution in [1.29, 1.82) is 0 Å². The van der Waals surface area contributed by atoms with Gasteiger partial charge in [-0.1, -0.05) is 0 Å². The molecule has 0 saturated carbocycles. The SMILES string of the molecule is C[C@@]12CC[C@](C)(O1)[C@H]1C(=O)N(c3nccs3)C(=O)[C@@H]12. The number of hydrogen-bond donors (Lipinski definition) is 0. The van der Waals surface area contributed by atoms with E-state index in [1.54, 1.807) is 11.6 Å². The molecule has 0 aliphatic carbocycles. The van der Waals surface area contributed by atoms with Crippen molar-refractivity contribution in [3.63, 3.8) is 0 Å². The van der Waals surface area contributed by atoms with Crippen LogP contribution in [0.15, 0.2) is 11.6 Å². The Bertz CT molecular complexity index is 553. The van der Waals surface area contributed by atoms with E-state index in [0.29, 0.717) is 5.13 Å². The van der Waals surface area contributed by atoms with Gasteiger partial charge in [-0.25, -0.2) is 9.88 Å². The van der Waals surface area contributed by atoms with Crippen molar-refractivity contribution >= 4 is 28.3 Å². The molecule has 5 nitrogen and oxygen atoms in total. The fourth-order valence-electron chi connectivity index (χ4n) is 3.98. The third kappa shape index (κ3) is 1.21. The predicted molar refractivity (Wildman–Crippen MR) is 68.7 cm³/mol. The number of carbonyl (C=O) groups is 2. The average Bonchev–Trinajstić information content (AvgIpc) is 3.03. The Balaban J connectivity index is 1.83. The van der Waals surface area contributed by atoms with Crippen LogP contribution in [0.25, 0.3) is 0 Å². The number of carbonyl (C=O) groups excluding carboxylic acids is 2. The molecule has 4 heterocycles. The van der Waals surface area contributed by atoms with Gasteiger partial charge < -0.3 is 4.74 Å². The Hall–Kier alpha value is -1.27. The van der Waals surface area contributed by atoms with Crippen molar-refractivity contribution in [3.05, 3.63) is 11.6 Å². The topological polar surface area (TPSA) is 59.5 Å². The molecule has 4 rings (SSSR count). The quantitative estimate of drug-likeness (QED) is 0.732. The molecule has 100 valence electrons. The van der Waals surface area contributed by atoms with Crippen molar-refractivity contribution in [2.45, 2.75) is 37.9 Å². The van der Waals surface area contributed by atoms with Crippen molar-refractivity contribution in [2.24, 2.45) is 11.8 Å². The van der Waals surface area contributed by atoms with E-state index in [4.69, 9.17) is 4.74 Å². The van der Waals surface area contributed by atoms with Crippen LogP contribution < -0.4 is 4.90 Å². The van der Waals surface area contributed by atoms with Crippen molar-refractivity contribution in [3.8, 4) is 0 Å². The molecule has 0 unspecified atom stereocenters. The van der Waals surface area contributed by atoms with E-state index in [9.17, 15) is 9.59 Å². The first kappa shape index (κ1) is 11.5. The number of fused-ring (bicyclic) bond motifs is 5. The summed E-state index contributed by atoms with van der Waals surface area (Å²) in [6.45, 7) is 3.92. The van der Waals surface area contributed by atoms with E-state index in [1.807, 2.05) is 13.8 Å². The maximum absolute atomic E-state index is 12.6. The van der Waals surface area contributed by atoms with E-state index in [2.05, 4.69) is 4.98 Å². The largest absolute Gasteiger partial charge is 0.367 e. The highest BCUT2D eigenvalue weighted by Crippen LogP contribution is 2.60. The fraction of sp³-hybridized carbons (Fsp3) is 0.615. The normalized spacial score (nSPS) is 44.2. The smallest absolute Gasteiger partial charge is 0.242 e. The predicted octanol–water partition coefficient (Wildman–Crippen LogP) is 1.59. The average molecular weight is 278 g/mol.